The summed E-state index contributed by atoms with van der Waals surface area (Å²) in [5.41, 5.74) is 0.577. The van der Waals surface area contributed by atoms with Crippen molar-refractivity contribution in [3.8, 4) is 6.07 Å². The zero-order valence-electron chi connectivity index (χ0n) is 13.4. The minimum Gasteiger partial charge on any atom is -0.480 e. The van der Waals surface area contributed by atoms with Crippen LogP contribution in [0.15, 0.2) is 40.9 Å². The summed E-state index contributed by atoms with van der Waals surface area (Å²) < 4.78 is 22.3. The van der Waals surface area contributed by atoms with E-state index in [1.807, 2.05) is 0 Å². The quantitative estimate of drug-likeness (QED) is 0.273. The molecule has 10 heteroatoms. The highest BCUT2D eigenvalue weighted by molar-refractivity contribution is 7.89. The minimum atomic E-state index is -3.73. The number of primary sulfonamides is 1. The molecular weight excluding hydrogens is 348 g/mol. The monoisotopic (exact) mass is 366 g/mol. The van der Waals surface area contributed by atoms with Gasteiger partial charge in [0, 0.05) is 12.7 Å². The van der Waals surface area contributed by atoms with Crippen LogP contribution in [-0.2, 0) is 26.0 Å². The molecule has 9 nitrogen and oxygen atoms in total. The Kier molecular flexibility index (Phi) is 7.10. The molecule has 1 aromatic carbocycles. The van der Waals surface area contributed by atoms with E-state index in [-0.39, 0.29) is 10.5 Å². The number of nitriles is 1. The van der Waals surface area contributed by atoms with Crippen LogP contribution < -0.4 is 15.8 Å². The second-order valence-electron chi connectivity index (χ2n) is 5.10. The number of carbonyl (C=O) groups excluding carboxylic acids is 1. The van der Waals surface area contributed by atoms with Crippen LogP contribution in [0.4, 0.5) is 0 Å². The molecule has 0 bridgehead atoms. The number of sulfonamides is 1. The van der Waals surface area contributed by atoms with Gasteiger partial charge in [0.25, 0.3) is 5.91 Å². The number of hydrogen-bond donors (Lipinski definition) is 4. The van der Waals surface area contributed by atoms with Gasteiger partial charge in [0.2, 0.25) is 10.0 Å². The van der Waals surface area contributed by atoms with Gasteiger partial charge in [-0.15, -0.1) is 0 Å². The van der Waals surface area contributed by atoms with Gasteiger partial charge in [0.1, 0.15) is 17.7 Å². The van der Waals surface area contributed by atoms with Crippen molar-refractivity contribution in [2.24, 2.45) is 5.14 Å². The van der Waals surface area contributed by atoms with Gasteiger partial charge in [0.15, 0.2) is 0 Å². The number of benzene rings is 1. The zero-order chi connectivity index (χ0) is 19.0. The summed E-state index contributed by atoms with van der Waals surface area (Å²) in [6, 6.07) is 6.57. The topological polar surface area (TPSA) is 162 Å². The lowest BCUT2D eigenvalue weighted by molar-refractivity contribution is -0.140. The van der Waals surface area contributed by atoms with Crippen LogP contribution in [0.25, 0.3) is 0 Å². The van der Waals surface area contributed by atoms with Crippen molar-refractivity contribution in [3.05, 3.63) is 41.6 Å². The summed E-state index contributed by atoms with van der Waals surface area (Å²) in [4.78, 5) is 22.4. The summed E-state index contributed by atoms with van der Waals surface area (Å²) in [7, 11) is -3.73. The molecule has 0 heterocycles. The summed E-state index contributed by atoms with van der Waals surface area (Å²) in [5, 5.41) is 27.6. The van der Waals surface area contributed by atoms with Crippen LogP contribution >= 0.6 is 0 Å². The van der Waals surface area contributed by atoms with Crippen LogP contribution in [0.2, 0.25) is 0 Å². The first kappa shape index (κ1) is 20.1. The minimum absolute atomic E-state index is 0.0140. The van der Waals surface area contributed by atoms with Crippen molar-refractivity contribution in [1.82, 2.24) is 10.6 Å². The molecule has 1 atom stereocenters. The summed E-state index contributed by atoms with van der Waals surface area (Å²) in [5.74, 6) is -2.00. The predicted molar refractivity (Wildman–Crippen MR) is 88.5 cm³/mol. The van der Waals surface area contributed by atoms with E-state index in [1.165, 1.54) is 25.3 Å². The Labute approximate surface area is 145 Å². The van der Waals surface area contributed by atoms with Crippen molar-refractivity contribution in [2.75, 3.05) is 6.54 Å². The zero-order valence-corrected chi connectivity index (χ0v) is 14.2. The number of nitrogens with two attached hydrogens (primary N) is 1. The average molecular weight is 366 g/mol. The number of aliphatic carboxylic acids is 1. The Morgan fingerprint density at radius 1 is 1.36 bits per heavy atom. The van der Waals surface area contributed by atoms with Crippen molar-refractivity contribution in [2.45, 2.75) is 24.3 Å². The Balaban J connectivity index is 2.57. The summed E-state index contributed by atoms with van der Waals surface area (Å²) >= 11 is 0. The highest BCUT2D eigenvalue weighted by atomic mass is 32.2. The third-order valence-corrected chi connectivity index (χ3v) is 4.07. The van der Waals surface area contributed by atoms with Gasteiger partial charge in [-0.05, 0) is 31.0 Å². The van der Waals surface area contributed by atoms with Crippen molar-refractivity contribution in [1.29, 1.82) is 5.26 Å². The molecule has 0 aliphatic carbocycles. The first-order chi connectivity index (χ1) is 11.6. The molecule has 0 aliphatic rings. The first-order valence-electron chi connectivity index (χ1n) is 7.14. The largest absolute Gasteiger partial charge is 0.480 e. The Morgan fingerprint density at radius 2 is 1.96 bits per heavy atom. The highest BCUT2D eigenvalue weighted by Crippen LogP contribution is 2.08. The summed E-state index contributed by atoms with van der Waals surface area (Å²) in [6.45, 7) is 1.66. The molecule has 1 unspecified atom stereocenters. The molecule has 134 valence electrons. The van der Waals surface area contributed by atoms with Gasteiger partial charge < -0.3 is 15.7 Å². The van der Waals surface area contributed by atoms with E-state index in [2.05, 4.69) is 10.6 Å². The Hall–Kier alpha value is -2.90. The van der Waals surface area contributed by atoms with E-state index < -0.39 is 27.9 Å². The third kappa shape index (κ3) is 6.62. The number of hydrogen-bond acceptors (Lipinski definition) is 6. The van der Waals surface area contributed by atoms with Gasteiger partial charge in [0.05, 0.1) is 4.90 Å². The first-order valence-corrected chi connectivity index (χ1v) is 8.69. The van der Waals surface area contributed by atoms with E-state index in [4.69, 9.17) is 15.5 Å². The fraction of sp³-hybridized carbons (Fsp3) is 0.267. The van der Waals surface area contributed by atoms with Crippen LogP contribution in [0.5, 0.6) is 0 Å². The van der Waals surface area contributed by atoms with Crippen molar-refractivity contribution >= 4 is 21.9 Å². The SMILES string of the molecule is CC(NC(=O)/C(C#N)=C\NCCc1ccc(S(N)(=O)=O)cc1)C(=O)O. The lowest BCUT2D eigenvalue weighted by Gasteiger charge is -2.08. The fourth-order valence-electron chi connectivity index (χ4n) is 1.72. The van der Waals surface area contributed by atoms with E-state index in [0.29, 0.717) is 13.0 Å². The third-order valence-electron chi connectivity index (χ3n) is 3.14. The smallest absolute Gasteiger partial charge is 0.325 e. The van der Waals surface area contributed by atoms with E-state index in [9.17, 15) is 18.0 Å². The second-order valence-corrected chi connectivity index (χ2v) is 6.66. The van der Waals surface area contributed by atoms with Crippen LogP contribution in [0.3, 0.4) is 0 Å². The number of carboxylic acids is 1. The number of carboxylic acid groups (broad SMARTS) is 1. The van der Waals surface area contributed by atoms with Crippen LogP contribution in [0.1, 0.15) is 12.5 Å². The number of nitrogens with one attached hydrogen (secondary N) is 2. The molecule has 0 aliphatic heterocycles. The van der Waals surface area contributed by atoms with E-state index >= 15 is 0 Å². The molecule has 1 amide bonds. The lowest BCUT2D eigenvalue weighted by atomic mass is 10.1. The molecule has 1 rings (SSSR count). The van der Waals surface area contributed by atoms with Crippen molar-refractivity contribution in [3.63, 3.8) is 0 Å². The van der Waals surface area contributed by atoms with Crippen LogP contribution in [-0.4, -0.2) is 38.0 Å². The Morgan fingerprint density at radius 3 is 2.44 bits per heavy atom. The molecule has 0 spiro atoms. The molecule has 25 heavy (non-hydrogen) atoms. The molecular formula is C15H18N4O5S. The van der Waals surface area contributed by atoms with Crippen LogP contribution in [0, 0.1) is 11.3 Å². The van der Waals surface area contributed by atoms with Gasteiger partial charge >= 0.3 is 5.97 Å². The van der Waals surface area contributed by atoms with Gasteiger partial charge in [-0.3, -0.25) is 9.59 Å². The second kappa shape index (κ2) is 8.81. The van der Waals surface area contributed by atoms with Gasteiger partial charge in [-0.2, -0.15) is 5.26 Å². The molecule has 1 aromatic rings. The standard InChI is InChI=1S/C15H18N4O5S/c1-10(15(21)22)19-14(20)12(8-16)9-18-7-6-11-2-4-13(5-3-11)25(17,23)24/h2-5,9-10,18H,6-7H2,1H3,(H,19,20)(H,21,22)(H2,17,23,24)/b12-9-. The molecule has 0 saturated carbocycles. The molecule has 0 fully saturated rings. The van der Waals surface area contributed by atoms with Gasteiger partial charge in [-0.25, -0.2) is 13.6 Å². The predicted octanol–water partition coefficient (Wildman–Crippen LogP) is -0.537. The fourth-order valence-corrected chi connectivity index (χ4v) is 2.24. The molecule has 0 aromatic heterocycles. The summed E-state index contributed by atoms with van der Waals surface area (Å²) in [6.07, 6.45) is 1.70. The van der Waals surface area contributed by atoms with E-state index in [1.54, 1.807) is 18.2 Å². The maximum atomic E-state index is 11.7. The lowest BCUT2D eigenvalue weighted by Crippen LogP contribution is -2.39. The maximum Gasteiger partial charge on any atom is 0.325 e. The molecule has 0 radical (unpaired) electrons. The molecule has 5 N–H and O–H groups in total. The number of amides is 1. The number of nitrogens with zero attached hydrogens (tertiary/aromatic N) is 1. The van der Waals surface area contributed by atoms with Gasteiger partial charge in [-0.1, -0.05) is 12.1 Å². The normalized spacial score (nSPS) is 12.8. The maximum absolute atomic E-state index is 11.7. The number of rotatable bonds is 8. The highest BCUT2D eigenvalue weighted by Gasteiger charge is 2.16. The molecule has 0 saturated heterocycles. The van der Waals surface area contributed by atoms with Crippen molar-refractivity contribution < 1.29 is 23.1 Å². The number of carbonyl (C=O) groups is 2. The van der Waals surface area contributed by atoms with E-state index in [0.717, 1.165) is 5.56 Å². The average Bonchev–Trinajstić information content (AvgIpc) is 2.54. The Bertz CT molecular complexity index is 809.